The number of methoxy groups -OCH3 is 1. The molecule has 0 aliphatic carbocycles. The highest BCUT2D eigenvalue weighted by molar-refractivity contribution is 5.78. The van der Waals surface area contributed by atoms with Crippen molar-refractivity contribution in [3.8, 4) is 0 Å². The molecule has 0 aromatic heterocycles. The number of carbonyl (C=O) groups excluding carboxylic acids is 1. The van der Waals surface area contributed by atoms with Crippen LogP contribution in [-0.4, -0.2) is 60.0 Å². The van der Waals surface area contributed by atoms with Crippen molar-refractivity contribution >= 4 is 5.97 Å². The first kappa shape index (κ1) is 14.4. The standard InChI is InChI=1S/C12H23NO4/c1-9-6-13(7-11(2,3)17-9)8-12(4,15)10(14)16-5/h9,15H,6-8H2,1-5H3. The van der Waals surface area contributed by atoms with Crippen molar-refractivity contribution in [3.05, 3.63) is 0 Å². The summed E-state index contributed by atoms with van der Waals surface area (Å²) in [5.41, 5.74) is -1.73. The van der Waals surface area contributed by atoms with Crippen LogP contribution in [0.3, 0.4) is 0 Å². The van der Waals surface area contributed by atoms with Crippen LogP contribution in [0.2, 0.25) is 0 Å². The van der Waals surface area contributed by atoms with Gasteiger partial charge in [-0.25, -0.2) is 4.79 Å². The largest absolute Gasteiger partial charge is 0.467 e. The minimum Gasteiger partial charge on any atom is -0.467 e. The molecule has 2 atom stereocenters. The highest BCUT2D eigenvalue weighted by Gasteiger charge is 2.38. The number of esters is 1. The zero-order valence-electron chi connectivity index (χ0n) is 11.3. The van der Waals surface area contributed by atoms with Gasteiger partial charge in [-0.15, -0.1) is 0 Å². The second kappa shape index (κ2) is 4.92. The normalized spacial score (nSPS) is 28.5. The number of carbonyl (C=O) groups is 1. The Balaban J connectivity index is 2.65. The van der Waals surface area contributed by atoms with Crippen LogP contribution in [0.5, 0.6) is 0 Å². The Labute approximate surface area is 103 Å². The van der Waals surface area contributed by atoms with Crippen LogP contribution in [0, 0.1) is 0 Å². The molecule has 0 spiro atoms. The van der Waals surface area contributed by atoms with E-state index < -0.39 is 11.6 Å². The number of morpholine rings is 1. The van der Waals surface area contributed by atoms with Gasteiger partial charge in [-0.3, -0.25) is 4.90 Å². The van der Waals surface area contributed by atoms with E-state index in [-0.39, 0.29) is 18.2 Å². The van der Waals surface area contributed by atoms with Crippen LogP contribution in [0.25, 0.3) is 0 Å². The number of nitrogens with zero attached hydrogens (tertiary/aromatic N) is 1. The summed E-state index contributed by atoms with van der Waals surface area (Å²) >= 11 is 0. The number of hydrogen-bond donors (Lipinski definition) is 1. The Bertz CT molecular complexity index is 288. The zero-order valence-corrected chi connectivity index (χ0v) is 11.3. The molecule has 1 saturated heterocycles. The van der Waals surface area contributed by atoms with Gasteiger partial charge in [0.05, 0.1) is 18.8 Å². The molecular weight excluding hydrogens is 222 g/mol. The molecule has 5 nitrogen and oxygen atoms in total. The maximum Gasteiger partial charge on any atom is 0.338 e. The second-order valence-electron chi connectivity index (χ2n) is 5.62. The Kier molecular flexibility index (Phi) is 4.17. The van der Waals surface area contributed by atoms with Gasteiger partial charge in [0.2, 0.25) is 0 Å². The predicted octanol–water partition coefficient (Wildman–Crippen LogP) is 0.410. The zero-order chi connectivity index (χ0) is 13.3. The molecule has 0 aromatic carbocycles. The Morgan fingerprint density at radius 2 is 2.24 bits per heavy atom. The molecule has 1 N–H and O–H groups in total. The molecule has 17 heavy (non-hydrogen) atoms. The molecule has 0 bridgehead atoms. The molecule has 100 valence electrons. The fraction of sp³-hybridized carbons (Fsp3) is 0.917. The number of rotatable bonds is 3. The summed E-state index contributed by atoms with van der Waals surface area (Å²) in [5.74, 6) is -0.602. The van der Waals surface area contributed by atoms with Gasteiger partial charge in [0.25, 0.3) is 0 Å². The van der Waals surface area contributed by atoms with Gasteiger partial charge in [-0.2, -0.15) is 0 Å². The van der Waals surface area contributed by atoms with Gasteiger partial charge in [0, 0.05) is 19.6 Å². The molecular formula is C12H23NO4. The van der Waals surface area contributed by atoms with Crippen LogP contribution in [0.1, 0.15) is 27.7 Å². The minimum atomic E-state index is -1.47. The second-order valence-corrected chi connectivity index (χ2v) is 5.62. The lowest BCUT2D eigenvalue weighted by Crippen LogP contribution is -2.57. The summed E-state index contributed by atoms with van der Waals surface area (Å²) in [6.07, 6.45) is 0.0900. The SMILES string of the molecule is COC(=O)C(C)(O)CN1CC(C)OC(C)(C)C1. The third-order valence-corrected chi connectivity index (χ3v) is 2.80. The number of aliphatic hydroxyl groups is 1. The van der Waals surface area contributed by atoms with Gasteiger partial charge < -0.3 is 14.6 Å². The monoisotopic (exact) mass is 245 g/mol. The molecule has 1 aliphatic rings. The van der Waals surface area contributed by atoms with Crippen LogP contribution in [0.15, 0.2) is 0 Å². The summed E-state index contributed by atoms with van der Waals surface area (Å²) in [6, 6.07) is 0. The number of β-amino-alcohol motifs (C(OH)–C–C–N with tert-alkyl or cyclic N) is 1. The first-order chi connectivity index (χ1) is 7.66. The van der Waals surface area contributed by atoms with Crippen LogP contribution < -0.4 is 0 Å². The van der Waals surface area contributed by atoms with Crippen molar-refractivity contribution in [3.63, 3.8) is 0 Å². The Morgan fingerprint density at radius 1 is 1.65 bits per heavy atom. The fourth-order valence-corrected chi connectivity index (χ4v) is 2.43. The van der Waals surface area contributed by atoms with Gasteiger partial charge >= 0.3 is 5.97 Å². The van der Waals surface area contributed by atoms with Crippen LogP contribution >= 0.6 is 0 Å². The first-order valence-corrected chi connectivity index (χ1v) is 5.87. The van der Waals surface area contributed by atoms with E-state index in [9.17, 15) is 9.90 Å². The van der Waals surface area contributed by atoms with E-state index >= 15 is 0 Å². The van der Waals surface area contributed by atoms with Gasteiger partial charge in [-0.05, 0) is 27.7 Å². The van der Waals surface area contributed by atoms with Crippen LogP contribution in [-0.2, 0) is 14.3 Å². The van der Waals surface area contributed by atoms with E-state index in [1.807, 2.05) is 25.7 Å². The summed E-state index contributed by atoms with van der Waals surface area (Å²) in [5, 5.41) is 10.0. The highest BCUT2D eigenvalue weighted by atomic mass is 16.5. The van der Waals surface area contributed by atoms with E-state index in [2.05, 4.69) is 4.74 Å². The fourth-order valence-electron chi connectivity index (χ4n) is 2.43. The van der Waals surface area contributed by atoms with Crippen molar-refractivity contribution in [1.29, 1.82) is 0 Å². The summed E-state index contributed by atoms with van der Waals surface area (Å²) in [6.45, 7) is 9.12. The lowest BCUT2D eigenvalue weighted by Gasteiger charge is -2.43. The lowest BCUT2D eigenvalue weighted by molar-refractivity contribution is -0.170. The molecule has 5 heteroatoms. The molecule has 0 radical (unpaired) electrons. The minimum absolute atomic E-state index is 0.0900. The molecule has 1 heterocycles. The third-order valence-electron chi connectivity index (χ3n) is 2.80. The average Bonchev–Trinajstić information content (AvgIpc) is 2.11. The van der Waals surface area contributed by atoms with Crippen molar-refractivity contribution in [2.45, 2.75) is 45.0 Å². The van der Waals surface area contributed by atoms with E-state index in [0.29, 0.717) is 13.1 Å². The summed E-state index contributed by atoms with van der Waals surface area (Å²) in [4.78, 5) is 13.5. The molecule has 1 aliphatic heterocycles. The average molecular weight is 245 g/mol. The third kappa shape index (κ3) is 3.94. The van der Waals surface area contributed by atoms with E-state index in [1.54, 1.807) is 0 Å². The first-order valence-electron chi connectivity index (χ1n) is 5.87. The Morgan fingerprint density at radius 3 is 2.71 bits per heavy atom. The summed E-state index contributed by atoms with van der Waals surface area (Å²) in [7, 11) is 1.28. The molecule has 0 amide bonds. The van der Waals surface area contributed by atoms with Gasteiger partial charge in [0.15, 0.2) is 5.60 Å². The van der Waals surface area contributed by atoms with E-state index in [1.165, 1.54) is 14.0 Å². The quantitative estimate of drug-likeness (QED) is 0.730. The smallest absolute Gasteiger partial charge is 0.338 e. The van der Waals surface area contributed by atoms with E-state index in [4.69, 9.17) is 4.74 Å². The Hall–Kier alpha value is -0.650. The predicted molar refractivity (Wildman–Crippen MR) is 63.7 cm³/mol. The van der Waals surface area contributed by atoms with Crippen molar-refractivity contribution in [2.75, 3.05) is 26.7 Å². The van der Waals surface area contributed by atoms with Crippen molar-refractivity contribution in [1.82, 2.24) is 4.90 Å². The molecule has 0 saturated carbocycles. The van der Waals surface area contributed by atoms with Crippen molar-refractivity contribution < 1.29 is 19.4 Å². The summed E-state index contributed by atoms with van der Waals surface area (Å²) < 4.78 is 10.4. The molecule has 2 unspecified atom stereocenters. The number of hydrogen-bond acceptors (Lipinski definition) is 5. The number of ether oxygens (including phenoxy) is 2. The highest BCUT2D eigenvalue weighted by Crippen LogP contribution is 2.22. The molecule has 0 aromatic rings. The maximum absolute atomic E-state index is 11.4. The van der Waals surface area contributed by atoms with Crippen LogP contribution in [0.4, 0.5) is 0 Å². The topological polar surface area (TPSA) is 59.0 Å². The lowest BCUT2D eigenvalue weighted by atomic mass is 10.0. The van der Waals surface area contributed by atoms with Gasteiger partial charge in [0.1, 0.15) is 0 Å². The molecule has 1 fully saturated rings. The van der Waals surface area contributed by atoms with Gasteiger partial charge in [-0.1, -0.05) is 0 Å². The van der Waals surface area contributed by atoms with E-state index in [0.717, 1.165) is 0 Å². The van der Waals surface area contributed by atoms with Crippen molar-refractivity contribution in [2.24, 2.45) is 0 Å². The molecule has 1 rings (SSSR count). The maximum atomic E-state index is 11.4.